The van der Waals surface area contributed by atoms with Crippen LogP contribution in [0.4, 0.5) is 0 Å². The Morgan fingerprint density at radius 2 is 1.56 bits per heavy atom. The van der Waals surface area contributed by atoms with Gasteiger partial charge in [0.2, 0.25) is 0 Å². The van der Waals surface area contributed by atoms with E-state index in [0.717, 1.165) is 39.2 Å². The molecule has 0 spiro atoms. The van der Waals surface area contributed by atoms with Crippen LogP contribution in [0.15, 0.2) is 107 Å². The summed E-state index contributed by atoms with van der Waals surface area (Å²) in [5.74, 6) is 2.50. The molecular formula is C34H28IO4-. The van der Waals surface area contributed by atoms with E-state index < -0.39 is 0 Å². The minimum absolute atomic E-state index is 0.00465. The standard InChI is InChI=1S/C34H28IO4/c1-34(16-17-35-2)28(14-15-29-33(34)39-21-36-29)25-12-13-27-26(18-25)19-30-32(38-20-37-30)31(27)24-10-8-23(9-11-24)22-6-4-3-5-7-22/h3-19,33H,20-21H2,1-2H3/q-1/b17-16-. The third-order valence-electron chi connectivity index (χ3n) is 7.86. The second kappa shape index (κ2) is 9.88. The molecule has 0 saturated carbocycles. The van der Waals surface area contributed by atoms with E-state index in [4.69, 9.17) is 18.9 Å². The molecule has 196 valence electrons. The molecule has 0 N–H and O–H groups in total. The topological polar surface area (TPSA) is 36.9 Å². The van der Waals surface area contributed by atoms with Gasteiger partial charge in [-0.1, -0.05) is 30.3 Å². The summed E-state index contributed by atoms with van der Waals surface area (Å²) in [5.41, 5.74) is 6.65. The normalized spacial score (nSPS) is 21.6. The molecule has 5 heteroatoms. The first kappa shape index (κ1) is 24.5. The van der Waals surface area contributed by atoms with Gasteiger partial charge in [-0.25, -0.2) is 0 Å². The van der Waals surface area contributed by atoms with Gasteiger partial charge in [-0.15, -0.1) is 0 Å². The zero-order valence-corrected chi connectivity index (χ0v) is 24.0. The molecule has 2 atom stereocenters. The number of benzene rings is 4. The fourth-order valence-electron chi connectivity index (χ4n) is 5.88. The van der Waals surface area contributed by atoms with Crippen LogP contribution in [0.5, 0.6) is 11.5 Å². The first-order chi connectivity index (χ1) is 19.2. The molecule has 1 saturated heterocycles. The Morgan fingerprint density at radius 1 is 0.795 bits per heavy atom. The summed E-state index contributed by atoms with van der Waals surface area (Å²) < 4.78 is 26.1. The van der Waals surface area contributed by atoms with Gasteiger partial charge in [-0.05, 0) is 11.1 Å². The number of ether oxygens (including phenoxy) is 4. The number of alkyl halides is 1. The fraction of sp³-hybridized carbons (Fsp3) is 0.176. The van der Waals surface area contributed by atoms with Crippen LogP contribution in [-0.4, -0.2) is 24.6 Å². The molecule has 4 aromatic carbocycles. The van der Waals surface area contributed by atoms with Crippen molar-refractivity contribution in [2.45, 2.75) is 13.0 Å². The van der Waals surface area contributed by atoms with E-state index in [1.165, 1.54) is 22.3 Å². The van der Waals surface area contributed by atoms with Crippen LogP contribution in [-0.2, 0) is 9.47 Å². The summed E-state index contributed by atoms with van der Waals surface area (Å²) in [4.78, 5) is 2.26. The van der Waals surface area contributed by atoms with E-state index in [2.05, 4.69) is 107 Å². The molecule has 4 aromatic rings. The second-order valence-corrected chi connectivity index (χ2v) is 12.1. The molecule has 3 aliphatic rings. The second-order valence-electron chi connectivity index (χ2n) is 10.1. The van der Waals surface area contributed by atoms with Crippen LogP contribution < -0.4 is 30.7 Å². The predicted molar refractivity (Wildman–Crippen MR) is 151 cm³/mol. The molecule has 0 aromatic heterocycles. The summed E-state index contributed by atoms with van der Waals surface area (Å²) in [7, 11) is 0. The number of rotatable bonds is 5. The van der Waals surface area contributed by atoms with Gasteiger partial charge in [-0.2, -0.15) is 0 Å². The van der Waals surface area contributed by atoms with Crippen molar-refractivity contribution in [3.63, 3.8) is 0 Å². The maximum absolute atomic E-state index is 6.08. The number of fused-ring (bicyclic) bond motifs is 3. The van der Waals surface area contributed by atoms with Gasteiger partial charge in [0, 0.05) is 0 Å². The third kappa shape index (κ3) is 4.15. The summed E-state index contributed by atoms with van der Waals surface area (Å²) in [6.07, 6.45) is 6.46. The molecule has 1 fully saturated rings. The van der Waals surface area contributed by atoms with Crippen LogP contribution in [0.25, 0.3) is 38.6 Å². The molecule has 2 aliphatic heterocycles. The summed E-state index contributed by atoms with van der Waals surface area (Å²) in [5, 5.41) is 2.26. The van der Waals surface area contributed by atoms with Gasteiger partial charge in [0.05, 0.1) is 0 Å². The van der Waals surface area contributed by atoms with E-state index in [1.807, 2.05) is 6.07 Å². The third-order valence-corrected chi connectivity index (χ3v) is 8.94. The first-order valence-electron chi connectivity index (χ1n) is 13.0. The zero-order valence-electron chi connectivity index (χ0n) is 21.8. The number of halogens is 1. The zero-order chi connectivity index (χ0) is 26.4. The molecule has 39 heavy (non-hydrogen) atoms. The van der Waals surface area contributed by atoms with Crippen molar-refractivity contribution in [1.29, 1.82) is 0 Å². The maximum atomic E-state index is 6.08. The SMILES string of the molecule is C[I-]/C=C\C1(C)C(c2ccc3c(-c4ccc(-c5ccccc5)cc4)c4c(cc3c2)OCO4)=CC=C2OCOC21. The molecule has 1 aliphatic carbocycles. The van der Waals surface area contributed by atoms with Crippen LogP contribution in [0.1, 0.15) is 12.5 Å². The number of hydrogen-bond acceptors (Lipinski definition) is 4. The molecule has 7 rings (SSSR count). The Kier molecular flexibility index (Phi) is 6.21. The van der Waals surface area contributed by atoms with E-state index in [9.17, 15) is 0 Å². The molecule has 4 nitrogen and oxygen atoms in total. The fourth-order valence-corrected chi connectivity index (χ4v) is 6.98. The minimum atomic E-state index is -0.309. The van der Waals surface area contributed by atoms with E-state index in [-0.39, 0.29) is 39.5 Å². The van der Waals surface area contributed by atoms with Crippen molar-refractivity contribution < 1.29 is 40.2 Å². The van der Waals surface area contributed by atoms with Crippen molar-refractivity contribution in [1.82, 2.24) is 0 Å². The number of hydrogen-bond donors (Lipinski definition) is 0. The van der Waals surface area contributed by atoms with Crippen LogP contribution in [0.3, 0.4) is 0 Å². The van der Waals surface area contributed by atoms with Crippen molar-refractivity contribution in [3.8, 4) is 33.8 Å². The molecule has 0 bridgehead atoms. The van der Waals surface area contributed by atoms with Crippen molar-refractivity contribution in [3.05, 3.63) is 112 Å². The van der Waals surface area contributed by atoms with Gasteiger partial charge in [0.1, 0.15) is 0 Å². The summed E-state index contributed by atoms with van der Waals surface area (Å²) >= 11 is 0.00465. The van der Waals surface area contributed by atoms with Gasteiger partial charge in [0.25, 0.3) is 0 Å². The van der Waals surface area contributed by atoms with Crippen LogP contribution >= 0.6 is 0 Å². The molecule has 0 amide bonds. The van der Waals surface area contributed by atoms with Gasteiger partial charge in [0.15, 0.2) is 0 Å². The molecular weight excluding hydrogens is 599 g/mol. The average molecular weight is 627 g/mol. The Balaban J connectivity index is 1.35. The van der Waals surface area contributed by atoms with Crippen molar-refractivity contribution >= 4 is 16.3 Å². The summed E-state index contributed by atoms with van der Waals surface area (Å²) in [6, 6.07) is 28.0. The average Bonchev–Trinajstić information content (AvgIpc) is 3.66. The van der Waals surface area contributed by atoms with Crippen LogP contribution in [0, 0.1) is 5.41 Å². The molecule has 2 unspecified atom stereocenters. The summed E-state index contributed by atoms with van der Waals surface area (Å²) in [6.45, 7) is 2.79. The van der Waals surface area contributed by atoms with Crippen molar-refractivity contribution in [2.24, 2.45) is 5.41 Å². The monoisotopic (exact) mass is 627 g/mol. The quantitative estimate of drug-likeness (QED) is 0.236. The van der Waals surface area contributed by atoms with Crippen LogP contribution in [0.2, 0.25) is 0 Å². The first-order valence-corrected chi connectivity index (χ1v) is 16.4. The van der Waals surface area contributed by atoms with E-state index in [1.54, 1.807) is 0 Å². The Bertz CT molecular complexity index is 1650. The van der Waals surface area contributed by atoms with Crippen molar-refractivity contribution in [2.75, 3.05) is 18.5 Å². The number of allylic oxidation sites excluding steroid dienone is 2. The Morgan fingerprint density at radius 3 is 2.38 bits per heavy atom. The molecule has 2 heterocycles. The van der Waals surface area contributed by atoms with Gasteiger partial charge >= 0.3 is 198 Å². The Hall–Kier alpha value is -3.55. The van der Waals surface area contributed by atoms with E-state index >= 15 is 0 Å². The van der Waals surface area contributed by atoms with Gasteiger partial charge in [-0.3, -0.25) is 0 Å². The van der Waals surface area contributed by atoms with E-state index in [0.29, 0.717) is 6.79 Å². The molecule has 0 radical (unpaired) electrons. The Labute approximate surface area is 238 Å². The predicted octanol–water partition coefficient (Wildman–Crippen LogP) is 4.80. The van der Waals surface area contributed by atoms with Gasteiger partial charge < -0.3 is 0 Å².